The molecule has 0 radical (unpaired) electrons. The van der Waals surface area contributed by atoms with Crippen LogP contribution in [0.4, 0.5) is 17.1 Å². The number of non-ortho nitro benzene ring substituents is 1. The second kappa shape index (κ2) is 6.78. The van der Waals surface area contributed by atoms with Crippen molar-refractivity contribution in [1.82, 2.24) is 5.43 Å². The van der Waals surface area contributed by atoms with Crippen LogP contribution in [0.1, 0.15) is 10.4 Å². The molecule has 23 heavy (non-hydrogen) atoms. The molecule has 1 amide bonds. The number of para-hydroxylation sites is 1. The lowest BCUT2D eigenvalue weighted by Gasteiger charge is -2.22. The summed E-state index contributed by atoms with van der Waals surface area (Å²) < 4.78 is 0. The first-order valence-corrected chi connectivity index (χ1v) is 6.95. The summed E-state index contributed by atoms with van der Waals surface area (Å²) in [5.74, 6) is -0.413. The number of nitro benzene ring substituents is 1. The molecule has 0 saturated heterocycles. The number of anilines is 2. The zero-order chi connectivity index (χ0) is 17.0. The SMILES string of the molecule is CN(C)c1ccc([N+](=O)[O-])cc1C(=O)NN(C)c1ccccc1. The van der Waals surface area contributed by atoms with Crippen LogP contribution in [0, 0.1) is 10.1 Å². The standard InChI is InChI=1S/C16H18N4O3/c1-18(2)15-10-9-13(20(22)23)11-14(15)16(21)17-19(3)12-7-5-4-6-8-12/h4-11H,1-3H3,(H,17,21). The zero-order valence-electron chi connectivity index (χ0n) is 13.2. The van der Waals surface area contributed by atoms with E-state index in [0.717, 1.165) is 5.69 Å². The maximum Gasteiger partial charge on any atom is 0.272 e. The minimum absolute atomic E-state index is 0.122. The van der Waals surface area contributed by atoms with Gasteiger partial charge in [-0.05, 0) is 18.2 Å². The number of carbonyl (C=O) groups excluding carboxylic acids is 1. The molecule has 0 aromatic heterocycles. The number of nitro groups is 1. The van der Waals surface area contributed by atoms with Gasteiger partial charge in [-0.3, -0.25) is 25.3 Å². The fourth-order valence-electron chi connectivity index (χ4n) is 2.14. The molecule has 7 nitrogen and oxygen atoms in total. The molecule has 0 heterocycles. The van der Waals surface area contributed by atoms with Crippen LogP contribution in [-0.2, 0) is 0 Å². The Labute approximate surface area is 134 Å². The second-order valence-electron chi connectivity index (χ2n) is 5.19. The summed E-state index contributed by atoms with van der Waals surface area (Å²) in [5.41, 5.74) is 4.25. The highest BCUT2D eigenvalue weighted by atomic mass is 16.6. The van der Waals surface area contributed by atoms with Crippen molar-refractivity contribution in [1.29, 1.82) is 0 Å². The largest absolute Gasteiger partial charge is 0.377 e. The van der Waals surface area contributed by atoms with E-state index in [4.69, 9.17) is 0 Å². The highest BCUT2D eigenvalue weighted by molar-refractivity contribution is 6.01. The summed E-state index contributed by atoms with van der Waals surface area (Å²) in [5, 5.41) is 12.5. The van der Waals surface area contributed by atoms with Gasteiger partial charge < -0.3 is 4.90 Å². The molecule has 0 aliphatic carbocycles. The van der Waals surface area contributed by atoms with Crippen molar-refractivity contribution in [2.75, 3.05) is 31.1 Å². The lowest BCUT2D eigenvalue weighted by Crippen LogP contribution is -2.39. The van der Waals surface area contributed by atoms with Crippen molar-refractivity contribution < 1.29 is 9.72 Å². The predicted octanol–water partition coefficient (Wildman–Crippen LogP) is 2.44. The molecule has 0 atom stereocenters. The minimum Gasteiger partial charge on any atom is -0.377 e. The molecule has 0 aliphatic rings. The van der Waals surface area contributed by atoms with Gasteiger partial charge >= 0.3 is 0 Å². The Balaban J connectivity index is 2.30. The van der Waals surface area contributed by atoms with Crippen molar-refractivity contribution in [3.8, 4) is 0 Å². The molecule has 7 heteroatoms. The van der Waals surface area contributed by atoms with Crippen molar-refractivity contribution in [3.63, 3.8) is 0 Å². The van der Waals surface area contributed by atoms with E-state index in [1.54, 1.807) is 37.1 Å². The molecule has 0 unspecified atom stereocenters. The van der Waals surface area contributed by atoms with Crippen LogP contribution in [0.15, 0.2) is 48.5 Å². The van der Waals surface area contributed by atoms with E-state index < -0.39 is 10.8 Å². The van der Waals surface area contributed by atoms with Gasteiger partial charge in [-0.2, -0.15) is 0 Å². The summed E-state index contributed by atoms with van der Waals surface area (Å²) in [6.45, 7) is 0. The van der Waals surface area contributed by atoms with Gasteiger partial charge in [0.05, 0.1) is 16.2 Å². The molecule has 2 aromatic rings. The van der Waals surface area contributed by atoms with E-state index in [-0.39, 0.29) is 11.3 Å². The molecule has 2 rings (SSSR count). The van der Waals surface area contributed by atoms with E-state index in [2.05, 4.69) is 5.43 Å². The van der Waals surface area contributed by atoms with Crippen LogP contribution in [-0.4, -0.2) is 32.0 Å². The van der Waals surface area contributed by atoms with Gasteiger partial charge in [0.15, 0.2) is 0 Å². The molecule has 2 aromatic carbocycles. The number of hydrogen-bond acceptors (Lipinski definition) is 5. The summed E-state index contributed by atoms with van der Waals surface area (Å²) in [6.07, 6.45) is 0. The predicted molar refractivity (Wildman–Crippen MR) is 89.7 cm³/mol. The van der Waals surface area contributed by atoms with E-state index in [1.165, 1.54) is 12.1 Å². The van der Waals surface area contributed by atoms with Gasteiger partial charge in [0.2, 0.25) is 0 Å². The van der Waals surface area contributed by atoms with Crippen LogP contribution in [0.3, 0.4) is 0 Å². The van der Waals surface area contributed by atoms with Crippen molar-refractivity contribution in [2.24, 2.45) is 0 Å². The molecule has 0 aliphatic heterocycles. The minimum atomic E-state index is -0.517. The maximum absolute atomic E-state index is 12.5. The molecule has 0 saturated carbocycles. The number of amides is 1. The Morgan fingerprint density at radius 1 is 1.09 bits per heavy atom. The van der Waals surface area contributed by atoms with Crippen molar-refractivity contribution >= 4 is 23.0 Å². The number of carbonyl (C=O) groups is 1. The van der Waals surface area contributed by atoms with Crippen LogP contribution in [0.25, 0.3) is 0 Å². The summed E-state index contributed by atoms with van der Waals surface area (Å²) in [7, 11) is 5.26. The fraction of sp³-hybridized carbons (Fsp3) is 0.188. The Kier molecular flexibility index (Phi) is 4.80. The van der Waals surface area contributed by atoms with Gasteiger partial charge in [0.1, 0.15) is 0 Å². The summed E-state index contributed by atoms with van der Waals surface area (Å²) >= 11 is 0. The van der Waals surface area contributed by atoms with Gasteiger partial charge in [0.25, 0.3) is 11.6 Å². The van der Waals surface area contributed by atoms with E-state index >= 15 is 0 Å². The Morgan fingerprint density at radius 2 is 1.74 bits per heavy atom. The zero-order valence-corrected chi connectivity index (χ0v) is 13.2. The van der Waals surface area contributed by atoms with Crippen molar-refractivity contribution in [3.05, 3.63) is 64.2 Å². The lowest BCUT2D eigenvalue weighted by molar-refractivity contribution is -0.384. The average Bonchev–Trinajstić information content (AvgIpc) is 2.54. The molecule has 0 fully saturated rings. The number of hydrazine groups is 1. The van der Waals surface area contributed by atoms with Gasteiger partial charge in [-0.1, -0.05) is 18.2 Å². The van der Waals surface area contributed by atoms with Crippen molar-refractivity contribution in [2.45, 2.75) is 0 Å². The number of nitrogens with zero attached hydrogens (tertiary/aromatic N) is 3. The quantitative estimate of drug-likeness (QED) is 0.677. The number of benzene rings is 2. The monoisotopic (exact) mass is 314 g/mol. The number of nitrogens with one attached hydrogen (secondary N) is 1. The summed E-state index contributed by atoms with van der Waals surface area (Å²) in [4.78, 5) is 24.7. The van der Waals surface area contributed by atoms with Gasteiger partial charge in [-0.25, -0.2) is 0 Å². The Hall–Kier alpha value is -3.09. The fourth-order valence-corrected chi connectivity index (χ4v) is 2.14. The van der Waals surface area contributed by atoms with Crippen LogP contribution < -0.4 is 15.3 Å². The third-order valence-corrected chi connectivity index (χ3v) is 3.33. The van der Waals surface area contributed by atoms with Gasteiger partial charge in [0, 0.05) is 39.0 Å². The lowest BCUT2D eigenvalue weighted by atomic mass is 10.1. The average molecular weight is 314 g/mol. The highest BCUT2D eigenvalue weighted by Crippen LogP contribution is 2.24. The van der Waals surface area contributed by atoms with E-state index in [1.807, 2.05) is 30.3 Å². The van der Waals surface area contributed by atoms with E-state index in [0.29, 0.717) is 5.69 Å². The third kappa shape index (κ3) is 3.76. The maximum atomic E-state index is 12.5. The first-order valence-electron chi connectivity index (χ1n) is 6.95. The van der Waals surface area contributed by atoms with E-state index in [9.17, 15) is 14.9 Å². The molecule has 120 valence electrons. The smallest absolute Gasteiger partial charge is 0.272 e. The normalized spacial score (nSPS) is 10.0. The first kappa shape index (κ1) is 16.3. The molecule has 1 N–H and O–H groups in total. The molecular formula is C16H18N4O3. The topological polar surface area (TPSA) is 78.7 Å². The van der Waals surface area contributed by atoms with Crippen LogP contribution in [0.2, 0.25) is 0 Å². The summed E-state index contributed by atoms with van der Waals surface area (Å²) in [6, 6.07) is 13.5. The second-order valence-corrected chi connectivity index (χ2v) is 5.19. The van der Waals surface area contributed by atoms with Gasteiger partial charge in [-0.15, -0.1) is 0 Å². The Morgan fingerprint density at radius 3 is 2.30 bits per heavy atom. The number of hydrogen-bond donors (Lipinski definition) is 1. The number of rotatable bonds is 5. The third-order valence-electron chi connectivity index (χ3n) is 3.33. The van der Waals surface area contributed by atoms with Crippen LogP contribution >= 0.6 is 0 Å². The molecule has 0 spiro atoms. The van der Waals surface area contributed by atoms with Crippen LogP contribution in [0.5, 0.6) is 0 Å². The Bertz CT molecular complexity index is 717. The highest BCUT2D eigenvalue weighted by Gasteiger charge is 2.19. The molecule has 0 bridgehead atoms. The molecular weight excluding hydrogens is 296 g/mol. The first-order chi connectivity index (χ1) is 10.9.